The van der Waals surface area contributed by atoms with Gasteiger partial charge >= 0.3 is 0 Å². The van der Waals surface area contributed by atoms with E-state index in [4.69, 9.17) is 5.11 Å². The number of nitrogens with zero attached hydrogens (tertiary/aromatic N) is 2. The van der Waals surface area contributed by atoms with E-state index in [2.05, 4.69) is 17.3 Å². The highest BCUT2D eigenvalue weighted by Gasteiger charge is 2.13. The minimum atomic E-state index is 0.0962. The smallest absolute Gasteiger partial charge is 0.0648 e. The van der Waals surface area contributed by atoms with Crippen LogP contribution < -0.4 is 5.32 Å². The monoisotopic (exact) mass is 259 g/mol. The molecular formula is C15H21N3O. The summed E-state index contributed by atoms with van der Waals surface area (Å²) in [5, 5.41) is 16.9. The third-order valence-corrected chi connectivity index (χ3v) is 3.34. The third kappa shape index (κ3) is 3.03. The highest BCUT2D eigenvalue weighted by molar-refractivity contribution is 5.36. The molecule has 102 valence electrons. The number of aromatic nitrogens is 2. The molecule has 1 aromatic heterocycles. The molecule has 0 fully saturated rings. The molecule has 19 heavy (non-hydrogen) atoms. The first-order valence-corrected chi connectivity index (χ1v) is 6.58. The summed E-state index contributed by atoms with van der Waals surface area (Å²) in [6.07, 6.45) is 0. The normalized spacial score (nSPS) is 12.6. The topological polar surface area (TPSA) is 50.1 Å². The lowest BCUT2D eigenvalue weighted by atomic mass is 10.2. The van der Waals surface area contributed by atoms with Gasteiger partial charge in [-0.25, -0.2) is 4.68 Å². The van der Waals surface area contributed by atoms with Crippen LogP contribution in [-0.2, 0) is 6.54 Å². The standard InChI is InChI=1S/C15H21N3O/c1-11(10-19)16-9-15-12(2)17-18(13(15)3)14-7-5-4-6-8-14/h4-8,11,16,19H,9-10H2,1-3H3/t11-/m1/s1. The van der Waals surface area contributed by atoms with Gasteiger partial charge in [0, 0.05) is 23.8 Å². The fourth-order valence-corrected chi connectivity index (χ4v) is 2.09. The maximum absolute atomic E-state index is 9.05. The van der Waals surface area contributed by atoms with Crippen molar-refractivity contribution in [3.8, 4) is 5.69 Å². The number of aliphatic hydroxyl groups is 1. The number of aryl methyl sites for hydroxylation is 1. The summed E-state index contributed by atoms with van der Waals surface area (Å²) in [4.78, 5) is 0. The first-order chi connectivity index (χ1) is 9.13. The van der Waals surface area contributed by atoms with Crippen LogP contribution >= 0.6 is 0 Å². The van der Waals surface area contributed by atoms with Gasteiger partial charge in [0.1, 0.15) is 0 Å². The number of hydrogen-bond acceptors (Lipinski definition) is 3. The Labute approximate surface area is 114 Å². The van der Waals surface area contributed by atoms with Crippen molar-refractivity contribution in [2.75, 3.05) is 6.61 Å². The number of hydrogen-bond donors (Lipinski definition) is 2. The summed E-state index contributed by atoms with van der Waals surface area (Å²) in [6, 6.07) is 10.2. The summed E-state index contributed by atoms with van der Waals surface area (Å²) in [5.74, 6) is 0. The Morgan fingerprint density at radius 2 is 1.95 bits per heavy atom. The molecular weight excluding hydrogens is 238 g/mol. The lowest BCUT2D eigenvalue weighted by Crippen LogP contribution is -2.29. The molecule has 0 aliphatic heterocycles. The van der Waals surface area contributed by atoms with E-state index in [0.29, 0.717) is 0 Å². The fraction of sp³-hybridized carbons (Fsp3) is 0.400. The van der Waals surface area contributed by atoms with E-state index in [1.54, 1.807) is 0 Å². The second-order valence-electron chi connectivity index (χ2n) is 4.86. The van der Waals surface area contributed by atoms with Crippen molar-refractivity contribution in [3.63, 3.8) is 0 Å². The van der Waals surface area contributed by atoms with Gasteiger partial charge in [0.05, 0.1) is 18.0 Å². The van der Waals surface area contributed by atoms with Gasteiger partial charge in [0.15, 0.2) is 0 Å². The lowest BCUT2D eigenvalue weighted by molar-refractivity contribution is 0.251. The van der Waals surface area contributed by atoms with Crippen LogP contribution in [0.1, 0.15) is 23.9 Å². The van der Waals surface area contributed by atoms with Crippen LogP contribution in [-0.4, -0.2) is 27.5 Å². The van der Waals surface area contributed by atoms with Crippen LogP contribution in [0.2, 0.25) is 0 Å². The van der Waals surface area contributed by atoms with E-state index in [1.165, 1.54) is 5.56 Å². The van der Waals surface area contributed by atoms with Crippen LogP contribution in [0.4, 0.5) is 0 Å². The second-order valence-corrected chi connectivity index (χ2v) is 4.86. The Hall–Kier alpha value is -1.65. The molecule has 0 radical (unpaired) electrons. The van der Waals surface area contributed by atoms with Crippen molar-refractivity contribution >= 4 is 0 Å². The van der Waals surface area contributed by atoms with Crippen molar-refractivity contribution in [3.05, 3.63) is 47.3 Å². The van der Waals surface area contributed by atoms with Crippen LogP contribution in [0, 0.1) is 13.8 Å². The molecule has 0 aliphatic carbocycles. The molecule has 4 heteroatoms. The van der Waals surface area contributed by atoms with E-state index in [1.807, 2.05) is 48.9 Å². The molecule has 0 spiro atoms. The van der Waals surface area contributed by atoms with Crippen molar-refractivity contribution in [1.29, 1.82) is 0 Å². The summed E-state index contributed by atoms with van der Waals surface area (Å²) >= 11 is 0. The Bertz CT molecular complexity index is 534. The summed E-state index contributed by atoms with van der Waals surface area (Å²) < 4.78 is 1.97. The minimum Gasteiger partial charge on any atom is -0.395 e. The van der Waals surface area contributed by atoms with Gasteiger partial charge < -0.3 is 10.4 Å². The highest BCUT2D eigenvalue weighted by Crippen LogP contribution is 2.17. The van der Waals surface area contributed by atoms with Gasteiger partial charge in [0.2, 0.25) is 0 Å². The quantitative estimate of drug-likeness (QED) is 0.863. The molecule has 0 aliphatic rings. The maximum Gasteiger partial charge on any atom is 0.0648 e. The molecule has 1 heterocycles. The zero-order chi connectivity index (χ0) is 13.8. The third-order valence-electron chi connectivity index (χ3n) is 3.34. The van der Waals surface area contributed by atoms with E-state index in [-0.39, 0.29) is 12.6 Å². The van der Waals surface area contributed by atoms with Crippen LogP contribution in [0.25, 0.3) is 5.69 Å². The highest BCUT2D eigenvalue weighted by atomic mass is 16.3. The van der Waals surface area contributed by atoms with Crippen LogP contribution in [0.5, 0.6) is 0 Å². The Balaban J connectivity index is 2.25. The molecule has 0 bridgehead atoms. The molecule has 2 rings (SSSR count). The van der Waals surface area contributed by atoms with Crippen molar-refractivity contribution in [1.82, 2.24) is 15.1 Å². The Kier molecular flexibility index (Phi) is 4.35. The average molecular weight is 259 g/mol. The second kappa shape index (κ2) is 5.99. The van der Waals surface area contributed by atoms with Gasteiger partial charge in [-0.2, -0.15) is 5.10 Å². The molecule has 0 unspecified atom stereocenters. The van der Waals surface area contributed by atoms with Crippen LogP contribution in [0.15, 0.2) is 30.3 Å². The van der Waals surface area contributed by atoms with Gasteiger partial charge in [-0.3, -0.25) is 0 Å². The zero-order valence-corrected chi connectivity index (χ0v) is 11.7. The molecule has 0 saturated heterocycles. The number of para-hydroxylation sites is 1. The number of benzene rings is 1. The summed E-state index contributed by atoms with van der Waals surface area (Å²) in [7, 11) is 0. The molecule has 0 amide bonds. The predicted molar refractivity (Wildman–Crippen MR) is 76.4 cm³/mol. The predicted octanol–water partition coefficient (Wildman–Crippen LogP) is 1.96. The molecule has 1 atom stereocenters. The Morgan fingerprint density at radius 3 is 2.58 bits per heavy atom. The van der Waals surface area contributed by atoms with Gasteiger partial charge in [-0.1, -0.05) is 18.2 Å². The first kappa shape index (κ1) is 13.8. The number of nitrogens with one attached hydrogen (secondary N) is 1. The maximum atomic E-state index is 9.05. The molecule has 4 nitrogen and oxygen atoms in total. The first-order valence-electron chi connectivity index (χ1n) is 6.58. The molecule has 2 N–H and O–H groups in total. The van der Waals surface area contributed by atoms with Crippen molar-refractivity contribution in [2.45, 2.75) is 33.4 Å². The van der Waals surface area contributed by atoms with E-state index in [0.717, 1.165) is 23.6 Å². The van der Waals surface area contributed by atoms with Crippen molar-refractivity contribution in [2.24, 2.45) is 0 Å². The number of rotatable bonds is 5. The van der Waals surface area contributed by atoms with Gasteiger partial charge in [-0.05, 0) is 32.9 Å². The van der Waals surface area contributed by atoms with E-state index < -0.39 is 0 Å². The average Bonchev–Trinajstić information content (AvgIpc) is 2.72. The van der Waals surface area contributed by atoms with E-state index >= 15 is 0 Å². The van der Waals surface area contributed by atoms with E-state index in [9.17, 15) is 0 Å². The lowest BCUT2D eigenvalue weighted by Gasteiger charge is -2.11. The molecule has 2 aromatic rings. The zero-order valence-electron chi connectivity index (χ0n) is 11.7. The Morgan fingerprint density at radius 1 is 1.26 bits per heavy atom. The minimum absolute atomic E-state index is 0.0962. The summed E-state index contributed by atoms with van der Waals surface area (Å²) in [5.41, 5.74) is 4.44. The van der Waals surface area contributed by atoms with Crippen molar-refractivity contribution < 1.29 is 5.11 Å². The van der Waals surface area contributed by atoms with Gasteiger partial charge in [0.25, 0.3) is 0 Å². The number of aliphatic hydroxyl groups excluding tert-OH is 1. The fourth-order valence-electron chi connectivity index (χ4n) is 2.09. The molecule has 0 saturated carbocycles. The molecule has 1 aromatic carbocycles. The van der Waals surface area contributed by atoms with Crippen LogP contribution in [0.3, 0.4) is 0 Å². The summed E-state index contributed by atoms with van der Waals surface area (Å²) in [6.45, 7) is 6.93. The van der Waals surface area contributed by atoms with Gasteiger partial charge in [-0.15, -0.1) is 0 Å². The largest absolute Gasteiger partial charge is 0.395 e. The SMILES string of the molecule is Cc1nn(-c2ccccc2)c(C)c1CN[C@H](C)CO.